The fraction of sp³-hybridized carbons (Fsp3) is 0.450. The molecule has 0 aliphatic carbocycles. The monoisotopic (exact) mass is 362 g/mol. The molecule has 1 amide bonds. The maximum atomic E-state index is 12.5. The van der Waals surface area contributed by atoms with E-state index in [2.05, 4.69) is 42.2 Å². The number of hydrogen-bond acceptors (Lipinski definition) is 3. The normalized spacial score (nSPS) is 18.0. The lowest BCUT2D eigenvalue weighted by Crippen LogP contribution is -2.54. The Balaban J connectivity index is 0.00000225. The Kier molecular flexibility index (Phi) is 7.09. The average molecular weight is 363 g/mol. The predicted molar refractivity (Wildman–Crippen MR) is 102 cm³/mol. The molecule has 0 radical (unpaired) electrons. The van der Waals surface area contributed by atoms with Gasteiger partial charge in [0.25, 0.3) is 5.91 Å². The Morgan fingerprint density at radius 1 is 1.16 bits per heavy atom. The van der Waals surface area contributed by atoms with E-state index in [0.717, 1.165) is 44.8 Å². The molecule has 2 heterocycles. The molecule has 1 aromatic heterocycles. The second-order valence-electron chi connectivity index (χ2n) is 6.65. The third-order valence-electron chi connectivity index (χ3n) is 4.71. The van der Waals surface area contributed by atoms with E-state index in [1.54, 1.807) is 6.07 Å². The van der Waals surface area contributed by atoms with Crippen molar-refractivity contribution in [2.75, 3.05) is 26.2 Å². The van der Waals surface area contributed by atoms with E-state index in [1.165, 1.54) is 5.56 Å². The molecule has 1 fully saturated rings. The van der Waals surface area contributed by atoms with Crippen molar-refractivity contribution >= 4 is 18.3 Å². The number of halogens is 1. The van der Waals surface area contributed by atoms with Crippen LogP contribution in [0.3, 0.4) is 0 Å². The molecular weight excluding hydrogens is 336 g/mol. The number of benzene rings is 1. The van der Waals surface area contributed by atoms with Gasteiger partial charge in [0.05, 0.1) is 0 Å². The summed E-state index contributed by atoms with van der Waals surface area (Å²) in [5, 5.41) is 0. The van der Waals surface area contributed by atoms with Crippen LogP contribution in [-0.2, 0) is 6.42 Å². The molecule has 25 heavy (non-hydrogen) atoms. The second-order valence-corrected chi connectivity index (χ2v) is 6.65. The van der Waals surface area contributed by atoms with Crippen molar-refractivity contribution in [1.82, 2.24) is 9.80 Å². The van der Waals surface area contributed by atoms with Crippen molar-refractivity contribution in [3.05, 3.63) is 59.5 Å². The van der Waals surface area contributed by atoms with Crippen LogP contribution >= 0.6 is 12.4 Å². The van der Waals surface area contributed by atoms with Crippen LogP contribution in [0.2, 0.25) is 0 Å². The topological polar surface area (TPSA) is 36.7 Å². The highest BCUT2D eigenvalue weighted by Gasteiger charge is 2.29. The summed E-state index contributed by atoms with van der Waals surface area (Å²) in [6.45, 7) is 7.71. The number of nitrogens with zero attached hydrogens (tertiary/aromatic N) is 2. The molecule has 1 unspecified atom stereocenters. The Bertz CT molecular complexity index is 671. The van der Waals surface area contributed by atoms with Gasteiger partial charge in [0, 0.05) is 25.7 Å². The first kappa shape index (κ1) is 19.5. The van der Waals surface area contributed by atoms with Crippen LogP contribution in [0.4, 0.5) is 0 Å². The minimum Gasteiger partial charge on any atom is -0.456 e. The number of carbonyl (C=O) groups excluding carboxylic acids is 1. The summed E-state index contributed by atoms with van der Waals surface area (Å²) < 4.78 is 5.48. The average Bonchev–Trinajstić information content (AvgIpc) is 3.02. The third-order valence-corrected chi connectivity index (χ3v) is 4.71. The van der Waals surface area contributed by atoms with Gasteiger partial charge < -0.3 is 9.32 Å². The lowest BCUT2D eigenvalue weighted by molar-refractivity contribution is 0.0458. The van der Waals surface area contributed by atoms with Crippen molar-refractivity contribution in [3.8, 4) is 0 Å². The van der Waals surface area contributed by atoms with Crippen molar-refractivity contribution in [2.24, 2.45) is 0 Å². The van der Waals surface area contributed by atoms with Gasteiger partial charge in [0.2, 0.25) is 0 Å². The van der Waals surface area contributed by atoms with E-state index in [-0.39, 0.29) is 24.4 Å². The Morgan fingerprint density at radius 3 is 2.56 bits per heavy atom. The molecule has 4 nitrogen and oxygen atoms in total. The van der Waals surface area contributed by atoms with Gasteiger partial charge in [0.15, 0.2) is 5.76 Å². The molecule has 1 saturated heterocycles. The molecule has 2 aromatic rings. The molecular formula is C20H27ClN2O2. The first-order valence-corrected chi connectivity index (χ1v) is 8.77. The zero-order chi connectivity index (χ0) is 16.9. The summed E-state index contributed by atoms with van der Waals surface area (Å²) in [5.41, 5.74) is 1.40. The molecule has 3 rings (SSSR count). The molecule has 0 N–H and O–H groups in total. The molecule has 1 aliphatic rings. The van der Waals surface area contributed by atoms with Gasteiger partial charge in [-0.15, -0.1) is 12.4 Å². The van der Waals surface area contributed by atoms with Gasteiger partial charge in [-0.25, -0.2) is 0 Å². The molecule has 1 aliphatic heterocycles. The number of rotatable bonds is 5. The smallest absolute Gasteiger partial charge is 0.289 e. The van der Waals surface area contributed by atoms with Gasteiger partial charge in [-0.1, -0.05) is 30.3 Å². The first-order valence-electron chi connectivity index (χ1n) is 8.77. The standard InChI is InChI=1S/C20H26N2O2.ClH/c1-16-15-21(12-6-9-18-7-4-3-5-8-18)13-14-22(16)20(23)19-11-10-17(2)24-19;/h3-5,7-8,10-11,16H,6,9,12-15H2,1-2H3;1H. The molecule has 5 heteroatoms. The number of carbonyl (C=O) groups is 1. The molecule has 0 bridgehead atoms. The Hall–Kier alpha value is -1.78. The first-order chi connectivity index (χ1) is 11.6. The number of piperazine rings is 1. The lowest BCUT2D eigenvalue weighted by Gasteiger charge is -2.39. The van der Waals surface area contributed by atoms with Crippen LogP contribution < -0.4 is 0 Å². The van der Waals surface area contributed by atoms with Gasteiger partial charge in [0.1, 0.15) is 5.76 Å². The van der Waals surface area contributed by atoms with Crippen molar-refractivity contribution in [1.29, 1.82) is 0 Å². The molecule has 0 saturated carbocycles. The van der Waals surface area contributed by atoms with E-state index < -0.39 is 0 Å². The van der Waals surface area contributed by atoms with E-state index in [9.17, 15) is 4.79 Å². The highest BCUT2D eigenvalue weighted by atomic mass is 35.5. The zero-order valence-corrected chi connectivity index (χ0v) is 15.8. The fourth-order valence-corrected chi connectivity index (χ4v) is 3.38. The van der Waals surface area contributed by atoms with E-state index in [4.69, 9.17) is 4.42 Å². The van der Waals surface area contributed by atoms with Crippen LogP contribution in [0, 0.1) is 6.92 Å². The molecule has 136 valence electrons. The summed E-state index contributed by atoms with van der Waals surface area (Å²) in [5.74, 6) is 1.25. The van der Waals surface area contributed by atoms with Crippen LogP contribution in [-0.4, -0.2) is 47.9 Å². The highest BCUT2D eigenvalue weighted by molar-refractivity contribution is 5.91. The maximum absolute atomic E-state index is 12.5. The minimum atomic E-state index is 0. The van der Waals surface area contributed by atoms with Gasteiger partial charge in [-0.2, -0.15) is 0 Å². The second kappa shape index (κ2) is 9.07. The van der Waals surface area contributed by atoms with Gasteiger partial charge in [-0.3, -0.25) is 9.69 Å². The van der Waals surface area contributed by atoms with Crippen LogP contribution in [0.1, 0.15) is 35.2 Å². The molecule has 1 aromatic carbocycles. The van der Waals surface area contributed by atoms with Gasteiger partial charge >= 0.3 is 0 Å². The molecule has 1 atom stereocenters. The van der Waals surface area contributed by atoms with E-state index >= 15 is 0 Å². The Morgan fingerprint density at radius 2 is 1.92 bits per heavy atom. The number of hydrogen-bond donors (Lipinski definition) is 0. The number of amides is 1. The molecule has 0 spiro atoms. The Labute approximate surface area is 156 Å². The largest absolute Gasteiger partial charge is 0.456 e. The third kappa shape index (κ3) is 5.10. The fourth-order valence-electron chi connectivity index (χ4n) is 3.38. The number of aryl methyl sites for hydroxylation is 2. The van der Waals surface area contributed by atoms with Crippen LogP contribution in [0.15, 0.2) is 46.9 Å². The van der Waals surface area contributed by atoms with E-state index in [1.807, 2.05) is 17.9 Å². The summed E-state index contributed by atoms with van der Waals surface area (Å²) in [7, 11) is 0. The van der Waals surface area contributed by atoms with Crippen LogP contribution in [0.25, 0.3) is 0 Å². The van der Waals surface area contributed by atoms with Crippen LogP contribution in [0.5, 0.6) is 0 Å². The van der Waals surface area contributed by atoms with E-state index in [0.29, 0.717) is 5.76 Å². The van der Waals surface area contributed by atoms with Crippen molar-refractivity contribution in [3.63, 3.8) is 0 Å². The minimum absolute atomic E-state index is 0. The number of furan rings is 1. The zero-order valence-electron chi connectivity index (χ0n) is 15.0. The highest BCUT2D eigenvalue weighted by Crippen LogP contribution is 2.16. The predicted octanol–water partition coefficient (Wildman–Crippen LogP) is 3.79. The summed E-state index contributed by atoms with van der Waals surface area (Å²) in [4.78, 5) is 16.9. The van der Waals surface area contributed by atoms with Crippen molar-refractivity contribution < 1.29 is 9.21 Å². The SMILES string of the molecule is Cc1ccc(C(=O)N2CCN(CCCc3ccccc3)CC2C)o1.Cl. The quantitative estimate of drug-likeness (QED) is 0.812. The summed E-state index contributed by atoms with van der Waals surface area (Å²) in [6.07, 6.45) is 2.27. The summed E-state index contributed by atoms with van der Waals surface area (Å²) >= 11 is 0. The lowest BCUT2D eigenvalue weighted by atomic mass is 10.1. The maximum Gasteiger partial charge on any atom is 0.289 e. The van der Waals surface area contributed by atoms with Crippen molar-refractivity contribution in [2.45, 2.75) is 32.7 Å². The van der Waals surface area contributed by atoms with Gasteiger partial charge in [-0.05, 0) is 50.9 Å². The summed E-state index contributed by atoms with van der Waals surface area (Å²) in [6, 6.07) is 14.5.